The van der Waals surface area contributed by atoms with Crippen molar-refractivity contribution < 1.29 is 4.79 Å². The summed E-state index contributed by atoms with van der Waals surface area (Å²) in [5.41, 5.74) is 1.78. The summed E-state index contributed by atoms with van der Waals surface area (Å²) >= 11 is 3.24. The fourth-order valence-electron chi connectivity index (χ4n) is 1.17. The second-order valence-electron chi connectivity index (χ2n) is 2.98. The lowest BCUT2D eigenvalue weighted by atomic mass is 10.1. The third kappa shape index (κ3) is 1.78. The summed E-state index contributed by atoms with van der Waals surface area (Å²) in [5.74, 6) is 0. The van der Waals surface area contributed by atoms with Gasteiger partial charge in [-0.05, 0) is 28.1 Å². The van der Waals surface area contributed by atoms with Gasteiger partial charge in [0.1, 0.15) is 6.07 Å². The molecule has 0 saturated carbocycles. The highest BCUT2D eigenvalue weighted by Gasteiger charge is 2.11. The Labute approximate surface area is 91.1 Å². The van der Waals surface area contributed by atoms with Crippen LogP contribution in [0.4, 0.5) is 5.69 Å². The molecule has 0 heterocycles. The molecule has 3 nitrogen and oxygen atoms in total. The minimum Gasteiger partial charge on any atom is -0.377 e. The molecule has 0 aliphatic rings. The van der Waals surface area contributed by atoms with Crippen LogP contribution in [-0.2, 0) is 0 Å². The summed E-state index contributed by atoms with van der Waals surface area (Å²) in [5, 5.41) is 8.76. The van der Waals surface area contributed by atoms with E-state index in [0.717, 1.165) is 12.0 Å². The molecule has 14 heavy (non-hydrogen) atoms. The zero-order valence-electron chi connectivity index (χ0n) is 7.91. The number of nitrogens with zero attached hydrogens (tertiary/aromatic N) is 2. The van der Waals surface area contributed by atoms with E-state index in [2.05, 4.69) is 15.9 Å². The Bertz CT molecular complexity index is 407. The molecule has 0 aliphatic heterocycles. The van der Waals surface area contributed by atoms with Crippen LogP contribution in [0, 0.1) is 11.3 Å². The van der Waals surface area contributed by atoms with Crippen molar-refractivity contribution in [1.82, 2.24) is 0 Å². The van der Waals surface area contributed by atoms with Gasteiger partial charge < -0.3 is 4.90 Å². The van der Waals surface area contributed by atoms with Crippen molar-refractivity contribution in [2.45, 2.75) is 0 Å². The molecule has 0 fully saturated rings. The average Bonchev–Trinajstić information content (AvgIpc) is 2.17. The molecule has 1 rings (SSSR count). The molecule has 4 heteroatoms. The van der Waals surface area contributed by atoms with Gasteiger partial charge in [0.25, 0.3) is 0 Å². The summed E-state index contributed by atoms with van der Waals surface area (Å²) in [7, 11) is 3.70. The predicted octanol–water partition coefficient (Wildman–Crippen LogP) is 2.20. The lowest BCUT2D eigenvalue weighted by Crippen LogP contribution is -2.11. The number of aldehydes is 1. The molecule has 0 N–H and O–H groups in total. The smallest absolute Gasteiger partial charge is 0.153 e. The molecule has 1 aromatic carbocycles. The number of carbonyl (C=O) groups excluding carboxylic acids is 1. The third-order valence-electron chi connectivity index (χ3n) is 1.88. The van der Waals surface area contributed by atoms with Crippen molar-refractivity contribution >= 4 is 27.9 Å². The van der Waals surface area contributed by atoms with E-state index in [4.69, 9.17) is 5.26 Å². The van der Waals surface area contributed by atoms with Crippen LogP contribution in [-0.4, -0.2) is 20.4 Å². The minimum atomic E-state index is 0.470. The molecule has 0 aromatic heterocycles. The molecule has 1 aromatic rings. The van der Waals surface area contributed by atoms with E-state index in [-0.39, 0.29) is 0 Å². The van der Waals surface area contributed by atoms with Gasteiger partial charge in [-0.3, -0.25) is 4.79 Å². The molecule has 0 saturated heterocycles. The van der Waals surface area contributed by atoms with Crippen LogP contribution in [0.5, 0.6) is 0 Å². The molecule has 72 valence electrons. The van der Waals surface area contributed by atoms with Crippen LogP contribution in [0.1, 0.15) is 15.9 Å². The first-order valence-corrected chi connectivity index (χ1v) is 4.76. The van der Waals surface area contributed by atoms with Gasteiger partial charge in [0.05, 0.1) is 11.1 Å². The van der Waals surface area contributed by atoms with E-state index in [0.29, 0.717) is 15.6 Å². The SMILES string of the molecule is CN(C)c1ccc(C#N)c(Br)c1C=O. The molecule has 0 unspecified atom stereocenters. The Kier molecular flexibility index (Phi) is 3.26. The van der Waals surface area contributed by atoms with Crippen LogP contribution >= 0.6 is 15.9 Å². The van der Waals surface area contributed by atoms with Crippen LogP contribution in [0.2, 0.25) is 0 Å². The zero-order valence-corrected chi connectivity index (χ0v) is 9.50. The molecular weight excluding hydrogens is 244 g/mol. The van der Waals surface area contributed by atoms with Crippen molar-refractivity contribution in [2.75, 3.05) is 19.0 Å². The van der Waals surface area contributed by atoms with Crippen LogP contribution < -0.4 is 4.90 Å². The number of nitriles is 1. The molecule has 0 aliphatic carbocycles. The first-order valence-electron chi connectivity index (χ1n) is 3.97. The molecule has 0 radical (unpaired) electrons. The summed E-state index contributed by atoms with van der Waals surface area (Å²) in [6, 6.07) is 5.46. The fourth-order valence-corrected chi connectivity index (χ4v) is 1.69. The monoisotopic (exact) mass is 252 g/mol. The Hall–Kier alpha value is -1.34. The molecule has 0 spiro atoms. The van der Waals surface area contributed by atoms with Crippen molar-refractivity contribution in [3.05, 3.63) is 27.7 Å². The van der Waals surface area contributed by atoms with E-state index in [1.54, 1.807) is 12.1 Å². The molecular formula is C10H9BrN2O. The number of halogens is 1. The Balaban J connectivity index is 3.45. The lowest BCUT2D eigenvalue weighted by molar-refractivity contribution is 0.112. The Morgan fingerprint density at radius 3 is 2.57 bits per heavy atom. The zero-order chi connectivity index (χ0) is 10.7. The highest BCUT2D eigenvalue weighted by atomic mass is 79.9. The van der Waals surface area contributed by atoms with Crippen LogP contribution in [0.3, 0.4) is 0 Å². The van der Waals surface area contributed by atoms with Crippen LogP contribution in [0.15, 0.2) is 16.6 Å². The number of anilines is 1. The van der Waals surface area contributed by atoms with E-state index in [1.807, 2.05) is 25.1 Å². The standard InChI is InChI=1S/C10H9BrN2O/c1-13(2)9-4-3-7(5-12)10(11)8(9)6-14/h3-4,6H,1-2H3. The molecule has 0 amide bonds. The second kappa shape index (κ2) is 4.25. The van der Waals surface area contributed by atoms with Crippen LogP contribution in [0.25, 0.3) is 0 Å². The van der Waals surface area contributed by atoms with Gasteiger partial charge >= 0.3 is 0 Å². The van der Waals surface area contributed by atoms with Gasteiger partial charge in [-0.1, -0.05) is 0 Å². The number of hydrogen-bond donors (Lipinski definition) is 0. The lowest BCUT2D eigenvalue weighted by Gasteiger charge is -2.15. The first-order chi connectivity index (χ1) is 6.61. The van der Waals surface area contributed by atoms with E-state index >= 15 is 0 Å². The molecule has 0 atom stereocenters. The minimum absolute atomic E-state index is 0.470. The summed E-state index contributed by atoms with van der Waals surface area (Å²) in [4.78, 5) is 12.7. The summed E-state index contributed by atoms with van der Waals surface area (Å²) in [6.07, 6.45) is 0.750. The summed E-state index contributed by atoms with van der Waals surface area (Å²) < 4.78 is 0.557. The number of carbonyl (C=O) groups is 1. The topological polar surface area (TPSA) is 44.1 Å². The van der Waals surface area contributed by atoms with Crippen molar-refractivity contribution in [1.29, 1.82) is 5.26 Å². The van der Waals surface area contributed by atoms with Crippen molar-refractivity contribution in [3.63, 3.8) is 0 Å². The highest BCUT2D eigenvalue weighted by Crippen LogP contribution is 2.28. The quantitative estimate of drug-likeness (QED) is 0.759. The normalized spacial score (nSPS) is 9.29. The Morgan fingerprint density at radius 1 is 1.50 bits per heavy atom. The number of rotatable bonds is 2. The maximum absolute atomic E-state index is 10.9. The van der Waals surface area contributed by atoms with Gasteiger partial charge in [0.2, 0.25) is 0 Å². The number of hydrogen-bond acceptors (Lipinski definition) is 3. The van der Waals surface area contributed by atoms with Gasteiger partial charge in [0.15, 0.2) is 6.29 Å². The Morgan fingerprint density at radius 2 is 2.14 bits per heavy atom. The maximum atomic E-state index is 10.9. The average molecular weight is 253 g/mol. The van der Waals surface area contributed by atoms with E-state index in [9.17, 15) is 4.79 Å². The van der Waals surface area contributed by atoms with Gasteiger partial charge in [-0.15, -0.1) is 0 Å². The summed E-state index contributed by atoms with van der Waals surface area (Å²) in [6.45, 7) is 0. The van der Waals surface area contributed by atoms with Crippen molar-refractivity contribution in [2.24, 2.45) is 0 Å². The predicted molar refractivity (Wildman–Crippen MR) is 58.6 cm³/mol. The van der Waals surface area contributed by atoms with Gasteiger partial charge in [0, 0.05) is 24.3 Å². The molecule has 0 bridgehead atoms. The second-order valence-corrected chi connectivity index (χ2v) is 3.78. The maximum Gasteiger partial charge on any atom is 0.153 e. The van der Waals surface area contributed by atoms with Gasteiger partial charge in [-0.25, -0.2) is 0 Å². The van der Waals surface area contributed by atoms with E-state index in [1.165, 1.54) is 0 Å². The highest BCUT2D eigenvalue weighted by molar-refractivity contribution is 9.10. The first kappa shape index (κ1) is 10.7. The van der Waals surface area contributed by atoms with E-state index < -0.39 is 0 Å². The third-order valence-corrected chi connectivity index (χ3v) is 2.73. The van der Waals surface area contributed by atoms with Gasteiger partial charge in [-0.2, -0.15) is 5.26 Å². The number of benzene rings is 1. The fraction of sp³-hybridized carbons (Fsp3) is 0.200. The van der Waals surface area contributed by atoms with Crippen molar-refractivity contribution in [3.8, 4) is 6.07 Å². The largest absolute Gasteiger partial charge is 0.377 e.